The van der Waals surface area contributed by atoms with E-state index in [1.807, 2.05) is 4.90 Å². The number of likely N-dealkylation sites (tertiary alicyclic amines) is 2. The Balaban J connectivity index is 1.75. The van der Waals surface area contributed by atoms with E-state index < -0.39 is 0 Å². The number of piperidine rings is 1. The number of nitrogens with zero attached hydrogens (tertiary/aromatic N) is 2. The first-order chi connectivity index (χ1) is 8.29. The zero-order chi connectivity index (χ0) is 12.1. The predicted octanol–water partition coefficient (Wildman–Crippen LogP) is 0.670. The van der Waals surface area contributed by atoms with Crippen LogP contribution >= 0.6 is 0 Å². The van der Waals surface area contributed by atoms with Crippen molar-refractivity contribution >= 4 is 5.91 Å². The number of hydrogen-bond acceptors (Lipinski definition) is 3. The fraction of sp³-hybridized carbons (Fsp3) is 0.923. The van der Waals surface area contributed by atoms with Crippen molar-refractivity contribution in [3.8, 4) is 0 Å². The Morgan fingerprint density at radius 1 is 1.18 bits per heavy atom. The van der Waals surface area contributed by atoms with E-state index in [-0.39, 0.29) is 0 Å². The molecule has 2 aliphatic rings. The molecular weight excluding hydrogens is 214 g/mol. The summed E-state index contributed by atoms with van der Waals surface area (Å²) < 4.78 is 0. The van der Waals surface area contributed by atoms with Crippen LogP contribution < -0.4 is 5.73 Å². The van der Waals surface area contributed by atoms with Gasteiger partial charge in [0.15, 0.2) is 0 Å². The van der Waals surface area contributed by atoms with Crippen molar-refractivity contribution in [2.75, 3.05) is 39.3 Å². The minimum Gasteiger partial charge on any atom is -0.342 e. The van der Waals surface area contributed by atoms with Crippen LogP contribution in [-0.2, 0) is 4.79 Å². The highest BCUT2D eigenvalue weighted by Gasteiger charge is 2.24. The first-order valence-electron chi connectivity index (χ1n) is 7.00. The van der Waals surface area contributed by atoms with Crippen LogP contribution in [0.15, 0.2) is 0 Å². The van der Waals surface area contributed by atoms with Crippen molar-refractivity contribution in [2.24, 2.45) is 11.7 Å². The quantitative estimate of drug-likeness (QED) is 0.784. The largest absolute Gasteiger partial charge is 0.342 e. The highest BCUT2D eigenvalue weighted by molar-refractivity contribution is 5.78. The summed E-state index contributed by atoms with van der Waals surface area (Å²) in [4.78, 5) is 16.4. The molecule has 1 unspecified atom stereocenters. The molecule has 0 aromatic rings. The summed E-state index contributed by atoms with van der Waals surface area (Å²) in [5, 5.41) is 0. The summed E-state index contributed by atoms with van der Waals surface area (Å²) >= 11 is 0. The van der Waals surface area contributed by atoms with Gasteiger partial charge in [-0.1, -0.05) is 0 Å². The van der Waals surface area contributed by atoms with Gasteiger partial charge in [-0.15, -0.1) is 0 Å². The molecule has 0 saturated carbocycles. The Morgan fingerprint density at radius 2 is 1.94 bits per heavy atom. The Morgan fingerprint density at radius 3 is 2.65 bits per heavy atom. The smallest absolute Gasteiger partial charge is 0.236 e. The molecule has 2 saturated heterocycles. The van der Waals surface area contributed by atoms with Gasteiger partial charge in [-0.05, 0) is 51.1 Å². The molecule has 0 aromatic heterocycles. The molecule has 1 atom stereocenters. The van der Waals surface area contributed by atoms with E-state index in [0.29, 0.717) is 18.4 Å². The minimum absolute atomic E-state index is 0.330. The molecule has 0 bridgehead atoms. The standard InChI is InChI=1S/C13H25N3O/c14-6-5-12-4-3-7-15(10-12)11-13(17)16-8-1-2-9-16/h12H,1-11,14H2. The van der Waals surface area contributed by atoms with Crippen LogP contribution in [0.1, 0.15) is 32.1 Å². The predicted molar refractivity (Wildman–Crippen MR) is 68.6 cm³/mol. The minimum atomic E-state index is 0.330. The maximum atomic E-state index is 12.0. The van der Waals surface area contributed by atoms with Gasteiger partial charge in [0.25, 0.3) is 0 Å². The lowest BCUT2D eigenvalue weighted by molar-refractivity contribution is -0.131. The fourth-order valence-electron chi connectivity index (χ4n) is 3.02. The summed E-state index contributed by atoms with van der Waals surface area (Å²) in [5.41, 5.74) is 5.61. The average Bonchev–Trinajstić information content (AvgIpc) is 2.83. The highest BCUT2D eigenvalue weighted by atomic mass is 16.2. The van der Waals surface area contributed by atoms with E-state index in [1.165, 1.54) is 25.7 Å². The maximum Gasteiger partial charge on any atom is 0.236 e. The SMILES string of the molecule is NCCC1CCCN(CC(=O)N2CCCC2)C1. The molecule has 0 radical (unpaired) electrons. The van der Waals surface area contributed by atoms with Crippen LogP contribution in [0.5, 0.6) is 0 Å². The number of hydrogen-bond donors (Lipinski definition) is 1. The molecule has 17 heavy (non-hydrogen) atoms. The van der Waals surface area contributed by atoms with Crippen LogP contribution in [0, 0.1) is 5.92 Å². The van der Waals surface area contributed by atoms with E-state index in [0.717, 1.165) is 39.1 Å². The van der Waals surface area contributed by atoms with E-state index >= 15 is 0 Å². The van der Waals surface area contributed by atoms with Gasteiger partial charge in [-0.25, -0.2) is 0 Å². The molecular formula is C13H25N3O. The Hall–Kier alpha value is -0.610. The highest BCUT2D eigenvalue weighted by Crippen LogP contribution is 2.19. The Kier molecular flexibility index (Phi) is 4.80. The van der Waals surface area contributed by atoms with Gasteiger partial charge < -0.3 is 10.6 Å². The molecule has 0 spiro atoms. The molecule has 0 aliphatic carbocycles. The van der Waals surface area contributed by atoms with Crippen molar-refractivity contribution in [3.63, 3.8) is 0 Å². The summed E-state index contributed by atoms with van der Waals surface area (Å²) in [6.45, 7) is 5.49. The topological polar surface area (TPSA) is 49.6 Å². The summed E-state index contributed by atoms with van der Waals surface area (Å²) in [6, 6.07) is 0. The molecule has 0 aromatic carbocycles. The van der Waals surface area contributed by atoms with E-state index in [4.69, 9.17) is 5.73 Å². The van der Waals surface area contributed by atoms with Crippen LogP contribution in [0.3, 0.4) is 0 Å². The van der Waals surface area contributed by atoms with E-state index in [2.05, 4.69) is 4.90 Å². The van der Waals surface area contributed by atoms with Crippen molar-refractivity contribution in [1.29, 1.82) is 0 Å². The molecule has 2 heterocycles. The molecule has 4 heteroatoms. The molecule has 2 rings (SSSR count). The lowest BCUT2D eigenvalue weighted by atomic mass is 9.95. The lowest BCUT2D eigenvalue weighted by Gasteiger charge is -2.33. The Bertz CT molecular complexity index is 249. The summed E-state index contributed by atoms with van der Waals surface area (Å²) in [5.74, 6) is 1.04. The molecule has 2 N–H and O–H groups in total. The van der Waals surface area contributed by atoms with Crippen LogP contribution in [0.4, 0.5) is 0 Å². The number of carbonyl (C=O) groups excluding carboxylic acids is 1. The lowest BCUT2D eigenvalue weighted by Crippen LogP contribution is -2.43. The van der Waals surface area contributed by atoms with Crippen LogP contribution in [-0.4, -0.2) is 55.0 Å². The maximum absolute atomic E-state index is 12.0. The number of carbonyl (C=O) groups is 1. The van der Waals surface area contributed by atoms with Crippen molar-refractivity contribution in [2.45, 2.75) is 32.1 Å². The van der Waals surface area contributed by atoms with Gasteiger partial charge in [0.1, 0.15) is 0 Å². The summed E-state index contributed by atoms with van der Waals surface area (Å²) in [7, 11) is 0. The molecule has 2 aliphatic heterocycles. The van der Waals surface area contributed by atoms with Crippen LogP contribution in [0.25, 0.3) is 0 Å². The number of nitrogens with two attached hydrogens (primary N) is 1. The van der Waals surface area contributed by atoms with Crippen molar-refractivity contribution in [1.82, 2.24) is 9.80 Å². The average molecular weight is 239 g/mol. The zero-order valence-electron chi connectivity index (χ0n) is 10.7. The van der Waals surface area contributed by atoms with Gasteiger partial charge in [0.2, 0.25) is 5.91 Å². The van der Waals surface area contributed by atoms with Crippen molar-refractivity contribution in [3.05, 3.63) is 0 Å². The van der Waals surface area contributed by atoms with Gasteiger partial charge in [-0.2, -0.15) is 0 Å². The molecule has 1 amide bonds. The normalized spacial score (nSPS) is 26.4. The van der Waals surface area contributed by atoms with E-state index in [1.54, 1.807) is 0 Å². The first-order valence-corrected chi connectivity index (χ1v) is 7.00. The fourth-order valence-corrected chi connectivity index (χ4v) is 3.02. The third-order valence-corrected chi connectivity index (χ3v) is 4.00. The third kappa shape index (κ3) is 3.68. The second-order valence-electron chi connectivity index (χ2n) is 5.41. The second kappa shape index (κ2) is 6.36. The second-order valence-corrected chi connectivity index (χ2v) is 5.41. The van der Waals surface area contributed by atoms with E-state index in [9.17, 15) is 4.79 Å². The monoisotopic (exact) mass is 239 g/mol. The third-order valence-electron chi connectivity index (χ3n) is 4.00. The zero-order valence-corrected chi connectivity index (χ0v) is 10.7. The molecule has 98 valence electrons. The number of rotatable bonds is 4. The Labute approximate surface area is 104 Å². The van der Waals surface area contributed by atoms with Gasteiger partial charge in [0, 0.05) is 19.6 Å². The molecule has 4 nitrogen and oxygen atoms in total. The van der Waals surface area contributed by atoms with Gasteiger partial charge in [0.05, 0.1) is 6.54 Å². The molecule has 2 fully saturated rings. The summed E-state index contributed by atoms with van der Waals surface area (Å²) in [6.07, 6.45) is 5.97. The first kappa shape index (κ1) is 12.8. The van der Waals surface area contributed by atoms with Gasteiger partial charge in [-0.3, -0.25) is 9.69 Å². The van der Waals surface area contributed by atoms with Crippen molar-refractivity contribution < 1.29 is 4.79 Å². The van der Waals surface area contributed by atoms with Crippen LogP contribution in [0.2, 0.25) is 0 Å². The van der Waals surface area contributed by atoms with Gasteiger partial charge >= 0.3 is 0 Å². The number of amides is 1.